The lowest BCUT2D eigenvalue weighted by Gasteiger charge is -2.15. The highest BCUT2D eigenvalue weighted by atomic mass is 15.3. The molecule has 1 aromatic rings. The fourth-order valence-electron chi connectivity index (χ4n) is 2.45. The smallest absolute Gasteiger partial charge is 0.0537 e. The number of aryl methyl sites for hydroxylation is 1. The van der Waals surface area contributed by atoms with Crippen molar-refractivity contribution in [1.29, 1.82) is 0 Å². The van der Waals surface area contributed by atoms with Crippen molar-refractivity contribution in [1.82, 2.24) is 20.0 Å². The predicted octanol–water partition coefficient (Wildman–Crippen LogP) is 0.770. The van der Waals surface area contributed by atoms with E-state index in [2.05, 4.69) is 22.2 Å². The fourth-order valence-corrected chi connectivity index (χ4v) is 2.45. The minimum Gasteiger partial charge on any atom is -0.319 e. The summed E-state index contributed by atoms with van der Waals surface area (Å²) in [5.41, 5.74) is 2.66. The lowest BCUT2D eigenvalue weighted by atomic mass is 10.1. The average Bonchev–Trinajstić information content (AvgIpc) is 2.82. The normalized spacial score (nSPS) is 21.8. The molecule has 0 spiro atoms. The van der Waals surface area contributed by atoms with Gasteiger partial charge in [-0.1, -0.05) is 0 Å². The third kappa shape index (κ3) is 2.44. The second kappa shape index (κ2) is 4.97. The van der Waals surface area contributed by atoms with Gasteiger partial charge >= 0.3 is 0 Å². The summed E-state index contributed by atoms with van der Waals surface area (Å²) < 4.78 is 1.95. The highest BCUT2D eigenvalue weighted by Gasteiger charge is 2.22. The van der Waals surface area contributed by atoms with E-state index in [0.29, 0.717) is 0 Å². The Morgan fingerprint density at radius 3 is 3.00 bits per heavy atom. The zero-order valence-electron chi connectivity index (χ0n) is 10.5. The summed E-state index contributed by atoms with van der Waals surface area (Å²) in [5, 5.41) is 7.56. The highest BCUT2D eigenvalue weighted by molar-refractivity contribution is 5.15. The Bertz CT molecular complexity index is 345. The zero-order valence-corrected chi connectivity index (χ0v) is 10.5. The van der Waals surface area contributed by atoms with Gasteiger partial charge < -0.3 is 5.32 Å². The summed E-state index contributed by atoms with van der Waals surface area (Å²) in [6.07, 6.45) is 3.32. The standard InChI is InChI=1S/C12H22N4/c1-10-12(7-14-15(10)3)9-16-5-4-11(8-16)6-13-2/h7,11,13H,4-6,8-9H2,1-3H3. The van der Waals surface area contributed by atoms with Crippen molar-refractivity contribution in [2.24, 2.45) is 13.0 Å². The largest absolute Gasteiger partial charge is 0.319 e. The molecule has 2 heterocycles. The van der Waals surface area contributed by atoms with Gasteiger partial charge in [-0.05, 0) is 39.4 Å². The second-order valence-corrected chi connectivity index (χ2v) is 4.83. The van der Waals surface area contributed by atoms with Gasteiger partial charge in [0.05, 0.1) is 6.20 Å². The van der Waals surface area contributed by atoms with E-state index in [1.54, 1.807) is 0 Å². The van der Waals surface area contributed by atoms with E-state index in [1.807, 2.05) is 25.0 Å². The van der Waals surface area contributed by atoms with Crippen LogP contribution in [-0.2, 0) is 13.6 Å². The molecule has 90 valence electrons. The summed E-state index contributed by atoms with van der Waals surface area (Å²) in [6, 6.07) is 0. The maximum Gasteiger partial charge on any atom is 0.0537 e. The number of rotatable bonds is 4. The first-order valence-corrected chi connectivity index (χ1v) is 6.05. The molecule has 1 aliphatic heterocycles. The van der Waals surface area contributed by atoms with E-state index < -0.39 is 0 Å². The molecule has 1 unspecified atom stereocenters. The fraction of sp³-hybridized carbons (Fsp3) is 0.750. The van der Waals surface area contributed by atoms with Crippen molar-refractivity contribution >= 4 is 0 Å². The van der Waals surface area contributed by atoms with Crippen molar-refractivity contribution in [2.75, 3.05) is 26.7 Å². The van der Waals surface area contributed by atoms with Crippen LogP contribution in [0.1, 0.15) is 17.7 Å². The van der Waals surface area contributed by atoms with Gasteiger partial charge in [0.2, 0.25) is 0 Å². The Hall–Kier alpha value is -0.870. The molecule has 16 heavy (non-hydrogen) atoms. The first-order valence-electron chi connectivity index (χ1n) is 6.05. The molecular formula is C12H22N4. The van der Waals surface area contributed by atoms with Gasteiger partial charge in [-0.3, -0.25) is 9.58 Å². The number of likely N-dealkylation sites (tertiary alicyclic amines) is 1. The molecule has 2 rings (SSSR count). The van der Waals surface area contributed by atoms with Gasteiger partial charge in [-0.25, -0.2) is 0 Å². The van der Waals surface area contributed by atoms with Crippen LogP contribution in [0.15, 0.2) is 6.20 Å². The summed E-state index contributed by atoms with van der Waals surface area (Å²) in [5.74, 6) is 0.821. The summed E-state index contributed by atoms with van der Waals surface area (Å²) in [4.78, 5) is 2.53. The van der Waals surface area contributed by atoms with Crippen LogP contribution in [0, 0.1) is 12.8 Å². The quantitative estimate of drug-likeness (QED) is 0.817. The van der Waals surface area contributed by atoms with E-state index >= 15 is 0 Å². The predicted molar refractivity (Wildman–Crippen MR) is 65.3 cm³/mol. The molecule has 1 atom stereocenters. The second-order valence-electron chi connectivity index (χ2n) is 4.83. The van der Waals surface area contributed by atoms with E-state index in [1.165, 1.54) is 30.8 Å². The highest BCUT2D eigenvalue weighted by Crippen LogP contribution is 2.19. The Morgan fingerprint density at radius 1 is 1.56 bits per heavy atom. The molecule has 4 heteroatoms. The lowest BCUT2D eigenvalue weighted by Crippen LogP contribution is -2.24. The van der Waals surface area contributed by atoms with E-state index in [-0.39, 0.29) is 0 Å². The molecule has 0 bridgehead atoms. The molecule has 1 aromatic heterocycles. The van der Waals surface area contributed by atoms with Crippen molar-refractivity contribution in [2.45, 2.75) is 19.9 Å². The molecule has 0 aliphatic carbocycles. The summed E-state index contributed by atoms with van der Waals surface area (Å²) in [6.45, 7) is 6.78. The third-order valence-electron chi connectivity index (χ3n) is 3.59. The van der Waals surface area contributed by atoms with Gasteiger partial charge in [0.25, 0.3) is 0 Å². The molecule has 0 aromatic carbocycles. The minimum absolute atomic E-state index is 0.821. The Labute approximate surface area is 97.6 Å². The lowest BCUT2D eigenvalue weighted by molar-refractivity contribution is 0.314. The molecule has 1 N–H and O–H groups in total. The molecule has 0 amide bonds. The first-order chi connectivity index (χ1) is 7.70. The van der Waals surface area contributed by atoms with Gasteiger partial charge in [0.1, 0.15) is 0 Å². The Balaban J connectivity index is 1.89. The number of aromatic nitrogens is 2. The zero-order chi connectivity index (χ0) is 11.5. The van der Waals surface area contributed by atoms with Gasteiger partial charge in [0.15, 0.2) is 0 Å². The molecule has 1 aliphatic rings. The van der Waals surface area contributed by atoms with Crippen LogP contribution in [0.5, 0.6) is 0 Å². The molecular weight excluding hydrogens is 200 g/mol. The van der Waals surface area contributed by atoms with Gasteiger partial charge in [0, 0.05) is 31.4 Å². The molecule has 0 radical (unpaired) electrons. The Kier molecular flexibility index (Phi) is 3.61. The van der Waals surface area contributed by atoms with Gasteiger partial charge in [-0.15, -0.1) is 0 Å². The number of hydrogen-bond donors (Lipinski definition) is 1. The molecule has 4 nitrogen and oxygen atoms in total. The van der Waals surface area contributed by atoms with Crippen LogP contribution in [0.2, 0.25) is 0 Å². The van der Waals surface area contributed by atoms with Crippen molar-refractivity contribution in [3.63, 3.8) is 0 Å². The average molecular weight is 222 g/mol. The SMILES string of the molecule is CNCC1CCN(Cc2cnn(C)c2C)C1. The molecule has 1 saturated heterocycles. The number of hydrogen-bond acceptors (Lipinski definition) is 3. The van der Waals surface area contributed by atoms with Crippen LogP contribution in [-0.4, -0.2) is 41.4 Å². The van der Waals surface area contributed by atoms with Crippen LogP contribution >= 0.6 is 0 Å². The van der Waals surface area contributed by atoms with Crippen molar-refractivity contribution < 1.29 is 0 Å². The monoisotopic (exact) mass is 222 g/mol. The number of nitrogens with one attached hydrogen (secondary N) is 1. The van der Waals surface area contributed by atoms with Gasteiger partial charge in [-0.2, -0.15) is 5.10 Å². The molecule has 0 saturated carbocycles. The Morgan fingerprint density at radius 2 is 2.38 bits per heavy atom. The molecule has 1 fully saturated rings. The van der Waals surface area contributed by atoms with Crippen LogP contribution in [0.3, 0.4) is 0 Å². The maximum absolute atomic E-state index is 4.29. The van der Waals surface area contributed by atoms with Crippen LogP contribution < -0.4 is 5.32 Å². The van der Waals surface area contributed by atoms with E-state index in [4.69, 9.17) is 0 Å². The van der Waals surface area contributed by atoms with Crippen molar-refractivity contribution in [3.8, 4) is 0 Å². The maximum atomic E-state index is 4.29. The topological polar surface area (TPSA) is 33.1 Å². The number of nitrogens with zero attached hydrogens (tertiary/aromatic N) is 3. The minimum atomic E-state index is 0.821. The van der Waals surface area contributed by atoms with E-state index in [0.717, 1.165) is 19.0 Å². The third-order valence-corrected chi connectivity index (χ3v) is 3.59. The summed E-state index contributed by atoms with van der Waals surface area (Å²) >= 11 is 0. The van der Waals surface area contributed by atoms with Crippen LogP contribution in [0.25, 0.3) is 0 Å². The van der Waals surface area contributed by atoms with Crippen molar-refractivity contribution in [3.05, 3.63) is 17.5 Å². The summed E-state index contributed by atoms with van der Waals surface area (Å²) in [7, 11) is 4.04. The van der Waals surface area contributed by atoms with Crippen LogP contribution in [0.4, 0.5) is 0 Å². The van der Waals surface area contributed by atoms with E-state index in [9.17, 15) is 0 Å². The first kappa shape index (κ1) is 11.6.